The van der Waals surface area contributed by atoms with E-state index < -0.39 is 5.54 Å². The molecule has 0 aliphatic carbocycles. The van der Waals surface area contributed by atoms with Gasteiger partial charge in [-0.05, 0) is 34.1 Å². The highest BCUT2D eigenvalue weighted by Crippen LogP contribution is 2.20. The van der Waals surface area contributed by atoms with Crippen LogP contribution in [0.5, 0.6) is 0 Å². The Morgan fingerprint density at radius 2 is 2.12 bits per heavy atom. The third-order valence-electron chi connectivity index (χ3n) is 3.14. The van der Waals surface area contributed by atoms with E-state index in [0.29, 0.717) is 25.9 Å². The molecule has 2 amide bonds. The zero-order valence-electron chi connectivity index (χ0n) is 11.2. The number of carbonyl (C=O) groups is 2. The van der Waals surface area contributed by atoms with Crippen molar-refractivity contribution in [1.82, 2.24) is 10.2 Å². The normalized spacial score (nSPS) is 20.1. The van der Waals surface area contributed by atoms with Crippen molar-refractivity contribution >= 4 is 11.8 Å². The van der Waals surface area contributed by atoms with Gasteiger partial charge in [-0.3, -0.25) is 9.59 Å². The van der Waals surface area contributed by atoms with Crippen molar-refractivity contribution < 1.29 is 9.59 Å². The molecule has 1 heterocycles. The first-order valence-corrected chi connectivity index (χ1v) is 6.02. The van der Waals surface area contributed by atoms with Crippen LogP contribution in [0.2, 0.25) is 0 Å². The molecule has 0 spiro atoms. The Labute approximate surface area is 103 Å². The molecule has 1 rings (SSSR count). The molecule has 5 nitrogen and oxygen atoms in total. The molecule has 1 aliphatic rings. The summed E-state index contributed by atoms with van der Waals surface area (Å²) in [5.74, 6) is -0.0903. The van der Waals surface area contributed by atoms with Crippen molar-refractivity contribution in [2.75, 3.05) is 13.1 Å². The highest BCUT2D eigenvalue weighted by molar-refractivity contribution is 5.91. The molecular formula is C12H23N3O2. The molecule has 5 heteroatoms. The van der Waals surface area contributed by atoms with Gasteiger partial charge in [0.05, 0.1) is 0 Å². The van der Waals surface area contributed by atoms with Gasteiger partial charge in [-0.1, -0.05) is 0 Å². The number of carbonyl (C=O) groups excluding carboxylic acids is 2. The summed E-state index contributed by atoms with van der Waals surface area (Å²) in [6, 6.07) is 0. The summed E-state index contributed by atoms with van der Waals surface area (Å²) in [6.07, 6.45) is 1.01. The molecule has 1 aliphatic heterocycles. The van der Waals surface area contributed by atoms with Gasteiger partial charge in [0.1, 0.15) is 5.54 Å². The van der Waals surface area contributed by atoms with E-state index >= 15 is 0 Å². The molecule has 1 saturated heterocycles. The van der Waals surface area contributed by atoms with E-state index in [9.17, 15) is 9.59 Å². The highest BCUT2D eigenvalue weighted by Gasteiger charge is 2.40. The Kier molecular flexibility index (Phi) is 3.81. The van der Waals surface area contributed by atoms with Crippen LogP contribution in [0, 0.1) is 0 Å². The van der Waals surface area contributed by atoms with E-state index in [1.807, 2.05) is 13.8 Å². The lowest BCUT2D eigenvalue weighted by molar-refractivity contribution is -0.149. The van der Waals surface area contributed by atoms with Crippen molar-refractivity contribution in [2.45, 2.75) is 51.6 Å². The van der Waals surface area contributed by atoms with Crippen LogP contribution < -0.4 is 11.1 Å². The number of nitrogens with two attached hydrogens (primary N) is 1. The number of hydrogen-bond acceptors (Lipinski definition) is 3. The standard InChI is InChI=1S/C12H23N3O2/c1-11(2,13)6-5-9(16)15-8-7-14-10(17)12(15,3)4/h5-8,13H2,1-4H3,(H,14,17). The summed E-state index contributed by atoms with van der Waals surface area (Å²) < 4.78 is 0. The monoisotopic (exact) mass is 241 g/mol. The molecule has 98 valence electrons. The van der Waals surface area contributed by atoms with Gasteiger partial charge in [-0.15, -0.1) is 0 Å². The molecular weight excluding hydrogens is 218 g/mol. The molecule has 0 radical (unpaired) electrons. The Hall–Kier alpha value is -1.10. The van der Waals surface area contributed by atoms with Crippen LogP contribution in [0.1, 0.15) is 40.5 Å². The molecule has 0 bridgehead atoms. The van der Waals surface area contributed by atoms with Gasteiger partial charge in [0, 0.05) is 25.0 Å². The second kappa shape index (κ2) is 4.64. The lowest BCUT2D eigenvalue weighted by atomic mass is 9.95. The molecule has 0 unspecified atom stereocenters. The summed E-state index contributed by atoms with van der Waals surface area (Å²) >= 11 is 0. The van der Waals surface area contributed by atoms with Gasteiger partial charge in [0.15, 0.2) is 0 Å². The largest absolute Gasteiger partial charge is 0.352 e. The number of hydrogen-bond donors (Lipinski definition) is 2. The Balaban J connectivity index is 2.65. The van der Waals surface area contributed by atoms with Crippen LogP contribution >= 0.6 is 0 Å². The minimum absolute atomic E-state index is 0.00313. The van der Waals surface area contributed by atoms with Crippen LogP contribution in [-0.4, -0.2) is 40.9 Å². The number of rotatable bonds is 3. The molecule has 0 saturated carbocycles. The number of piperazine rings is 1. The minimum atomic E-state index is -0.756. The van der Waals surface area contributed by atoms with Crippen molar-refractivity contribution in [1.29, 1.82) is 0 Å². The van der Waals surface area contributed by atoms with Crippen LogP contribution in [0.3, 0.4) is 0 Å². The highest BCUT2D eigenvalue weighted by atomic mass is 16.2. The average molecular weight is 241 g/mol. The lowest BCUT2D eigenvalue weighted by Gasteiger charge is -2.41. The fourth-order valence-electron chi connectivity index (χ4n) is 1.90. The molecule has 0 aromatic heterocycles. The summed E-state index contributed by atoms with van der Waals surface area (Å²) in [5, 5.41) is 2.77. The maximum absolute atomic E-state index is 12.1. The average Bonchev–Trinajstić information content (AvgIpc) is 2.17. The third-order valence-corrected chi connectivity index (χ3v) is 3.14. The SMILES string of the molecule is CC(C)(N)CCC(=O)N1CCNC(=O)C1(C)C. The smallest absolute Gasteiger partial charge is 0.245 e. The zero-order valence-corrected chi connectivity index (χ0v) is 11.2. The molecule has 0 aromatic rings. The van der Waals surface area contributed by atoms with Crippen molar-refractivity contribution in [3.05, 3.63) is 0 Å². The number of amides is 2. The Bertz CT molecular complexity index is 318. The van der Waals surface area contributed by atoms with Crippen LogP contribution in [0.15, 0.2) is 0 Å². The molecule has 17 heavy (non-hydrogen) atoms. The van der Waals surface area contributed by atoms with Crippen LogP contribution in [0.4, 0.5) is 0 Å². The predicted octanol–water partition coefficient (Wildman–Crippen LogP) is 0.241. The van der Waals surface area contributed by atoms with E-state index in [1.165, 1.54) is 0 Å². The van der Waals surface area contributed by atoms with Crippen molar-refractivity contribution in [2.24, 2.45) is 5.73 Å². The molecule has 0 atom stereocenters. The number of nitrogens with zero attached hydrogens (tertiary/aromatic N) is 1. The van der Waals surface area contributed by atoms with Crippen molar-refractivity contribution in [3.8, 4) is 0 Å². The van der Waals surface area contributed by atoms with E-state index in [2.05, 4.69) is 5.32 Å². The predicted molar refractivity (Wildman–Crippen MR) is 66.3 cm³/mol. The maximum atomic E-state index is 12.1. The summed E-state index contributed by atoms with van der Waals surface area (Å²) in [7, 11) is 0. The van der Waals surface area contributed by atoms with E-state index in [4.69, 9.17) is 5.73 Å². The van der Waals surface area contributed by atoms with Crippen LogP contribution in [0.25, 0.3) is 0 Å². The third kappa shape index (κ3) is 3.43. The van der Waals surface area contributed by atoms with E-state index in [-0.39, 0.29) is 17.4 Å². The first-order chi connectivity index (χ1) is 7.64. The topological polar surface area (TPSA) is 75.4 Å². The van der Waals surface area contributed by atoms with Gasteiger partial charge in [0.2, 0.25) is 11.8 Å². The van der Waals surface area contributed by atoms with E-state index in [0.717, 1.165) is 0 Å². The van der Waals surface area contributed by atoms with Crippen molar-refractivity contribution in [3.63, 3.8) is 0 Å². The molecule has 1 fully saturated rings. The first-order valence-electron chi connectivity index (χ1n) is 6.02. The van der Waals surface area contributed by atoms with Gasteiger partial charge in [-0.2, -0.15) is 0 Å². The summed E-state index contributed by atoms with van der Waals surface area (Å²) in [4.78, 5) is 25.4. The van der Waals surface area contributed by atoms with Gasteiger partial charge in [-0.25, -0.2) is 0 Å². The van der Waals surface area contributed by atoms with Gasteiger partial charge >= 0.3 is 0 Å². The molecule has 3 N–H and O–H groups in total. The summed E-state index contributed by atoms with van der Waals surface area (Å²) in [5.41, 5.74) is 4.75. The fraction of sp³-hybridized carbons (Fsp3) is 0.833. The second-order valence-electron chi connectivity index (χ2n) is 5.85. The van der Waals surface area contributed by atoms with Gasteiger partial charge < -0.3 is 16.0 Å². The summed E-state index contributed by atoms with van der Waals surface area (Å²) in [6.45, 7) is 8.44. The zero-order chi connectivity index (χ0) is 13.3. The Morgan fingerprint density at radius 1 is 1.53 bits per heavy atom. The minimum Gasteiger partial charge on any atom is -0.352 e. The maximum Gasteiger partial charge on any atom is 0.245 e. The fourth-order valence-corrected chi connectivity index (χ4v) is 1.90. The number of nitrogens with one attached hydrogen (secondary N) is 1. The quantitative estimate of drug-likeness (QED) is 0.743. The first kappa shape index (κ1) is 14.0. The second-order valence-corrected chi connectivity index (χ2v) is 5.85. The Morgan fingerprint density at radius 3 is 2.65 bits per heavy atom. The van der Waals surface area contributed by atoms with Gasteiger partial charge in [0.25, 0.3) is 0 Å². The van der Waals surface area contributed by atoms with Crippen LogP contribution in [-0.2, 0) is 9.59 Å². The van der Waals surface area contributed by atoms with E-state index in [1.54, 1.807) is 18.7 Å². The lowest BCUT2D eigenvalue weighted by Crippen LogP contribution is -2.63. The molecule has 0 aromatic carbocycles.